The van der Waals surface area contributed by atoms with E-state index in [0.717, 1.165) is 31.8 Å². The number of nitrogens with zero attached hydrogens (tertiary/aromatic N) is 4. The third kappa shape index (κ3) is 5.80. The highest BCUT2D eigenvalue weighted by Gasteiger charge is 2.38. The minimum atomic E-state index is 0. The second-order valence-electron chi connectivity index (χ2n) is 7.77. The molecule has 2 aliphatic rings. The Bertz CT molecular complexity index is 564. The molecule has 0 spiro atoms. The van der Waals surface area contributed by atoms with Gasteiger partial charge in [0, 0.05) is 44.5 Å². The van der Waals surface area contributed by atoms with Crippen molar-refractivity contribution >= 4 is 30.7 Å². The minimum absolute atomic E-state index is 0. The van der Waals surface area contributed by atoms with Gasteiger partial charge in [-0.05, 0) is 51.4 Å². The molecule has 0 saturated carbocycles. The standard InChI is InChI=1S/C20H32N4O.2ClH/c1-4-7-16-14-24(15-19(16)22(2)3)17-9-12-23(13-10-17)20(25)18-8-5-6-11-21-18;;/h5-6,8,11,16-17,19H,4,7,9-10,12-15H2,1-3H3;2*1H/t16-,19-;;/m0../s1. The first-order chi connectivity index (χ1) is 12.1. The van der Waals surface area contributed by atoms with Crippen molar-refractivity contribution in [1.29, 1.82) is 0 Å². The minimum Gasteiger partial charge on any atom is -0.337 e. The van der Waals surface area contributed by atoms with E-state index in [1.807, 2.05) is 23.1 Å². The van der Waals surface area contributed by atoms with E-state index in [2.05, 4.69) is 35.8 Å². The molecule has 1 aromatic heterocycles. The normalized spacial score (nSPS) is 23.8. The predicted molar refractivity (Wildman–Crippen MR) is 115 cm³/mol. The second kappa shape index (κ2) is 11.2. The molecule has 0 bridgehead atoms. The lowest BCUT2D eigenvalue weighted by atomic mass is 9.97. The summed E-state index contributed by atoms with van der Waals surface area (Å²) in [7, 11) is 4.43. The molecule has 154 valence electrons. The van der Waals surface area contributed by atoms with Gasteiger partial charge in [0.2, 0.25) is 0 Å². The number of aromatic nitrogens is 1. The molecule has 3 rings (SSSR count). The van der Waals surface area contributed by atoms with Gasteiger partial charge in [-0.3, -0.25) is 14.7 Å². The van der Waals surface area contributed by atoms with Crippen LogP contribution in [-0.2, 0) is 0 Å². The van der Waals surface area contributed by atoms with Crippen LogP contribution < -0.4 is 0 Å². The lowest BCUT2D eigenvalue weighted by molar-refractivity contribution is 0.0631. The van der Waals surface area contributed by atoms with Crippen LogP contribution in [0.25, 0.3) is 0 Å². The molecule has 2 saturated heterocycles. The van der Waals surface area contributed by atoms with Gasteiger partial charge in [0.25, 0.3) is 5.91 Å². The lowest BCUT2D eigenvalue weighted by Gasteiger charge is -2.37. The van der Waals surface area contributed by atoms with E-state index in [0.29, 0.717) is 17.8 Å². The Labute approximate surface area is 176 Å². The maximum absolute atomic E-state index is 12.5. The number of piperidine rings is 1. The number of halogens is 2. The molecule has 2 aliphatic heterocycles. The summed E-state index contributed by atoms with van der Waals surface area (Å²) in [5, 5.41) is 0. The predicted octanol–water partition coefficient (Wildman–Crippen LogP) is 3.19. The van der Waals surface area contributed by atoms with Gasteiger partial charge >= 0.3 is 0 Å². The Morgan fingerprint density at radius 1 is 1.19 bits per heavy atom. The molecule has 1 amide bonds. The SMILES string of the molecule is CCC[C@H]1CN(C2CCN(C(=O)c3ccccn3)CC2)C[C@@H]1N(C)C.Cl.Cl. The smallest absolute Gasteiger partial charge is 0.272 e. The summed E-state index contributed by atoms with van der Waals surface area (Å²) < 4.78 is 0. The summed E-state index contributed by atoms with van der Waals surface area (Å²) in [6.07, 6.45) is 6.44. The Balaban J connectivity index is 0.00000182. The van der Waals surface area contributed by atoms with E-state index in [9.17, 15) is 4.79 Å². The van der Waals surface area contributed by atoms with Crippen LogP contribution >= 0.6 is 24.8 Å². The fourth-order valence-electron chi connectivity index (χ4n) is 4.51. The molecule has 0 radical (unpaired) electrons. The van der Waals surface area contributed by atoms with Crippen LogP contribution in [0.15, 0.2) is 24.4 Å². The third-order valence-electron chi connectivity index (χ3n) is 5.91. The third-order valence-corrected chi connectivity index (χ3v) is 5.91. The Morgan fingerprint density at radius 3 is 2.44 bits per heavy atom. The topological polar surface area (TPSA) is 39.7 Å². The number of pyridine rings is 1. The number of hydrogen-bond acceptors (Lipinski definition) is 4. The number of carbonyl (C=O) groups excluding carboxylic acids is 1. The van der Waals surface area contributed by atoms with Gasteiger partial charge < -0.3 is 9.80 Å². The molecular weight excluding hydrogens is 383 g/mol. The highest BCUT2D eigenvalue weighted by Crippen LogP contribution is 2.29. The van der Waals surface area contributed by atoms with Crippen molar-refractivity contribution < 1.29 is 4.79 Å². The molecule has 5 nitrogen and oxygen atoms in total. The van der Waals surface area contributed by atoms with E-state index in [1.54, 1.807) is 6.20 Å². The van der Waals surface area contributed by atoms with E-state index in [1.165, 1.54) is 25.9 Å². The largest absolute Gasteiger partial charge is 0.337 e. The number of likely N-dealkylation sites (N-methyl/N-ethyl adjacent to an activating group) is 1. The average molecular weight is 417 g/mol. The molecule has 1 aromatic rings. The van der Waals surface area contributed by atoms with Crippen molar-refractivity contribution in [3.05, 3.63) is 30.1 Å². The molecule has 27 heavy (non-hydrogen) atoms. The first kappa shape index (κ1) is 24.2. The van der Waals surface area contributed by atoms with Crippen molar-refractivity contribution in [2.45, 2.75) is 44.7 Å². The molecular formula is C20H34Cl2N4O. The van der Waals surface area contributed by atoms with Crippen LogP contribution in [0.3, 0.4) is 0 Å². The van der Waals surface area contributed by atoms with Gasteiger partial charge in [0.1, 0.15) is 5.69 Å². The number of likely N-dealkylation sites (tertiary alicyclic amines) is 2. The molecule has 0 aromatic carbocycles. The first-order valence-corrected chi connectivity index (χ1v) is 9.71. The number of hydrogen-bond donors (Lipinski definition) is 0. The van der Waals surface area contributed by atoms with E-state index < -0.39 is 0 Å². The second-order valence-corrected chi connectivity index (χ2v) is 7.77. The number of carbonyl (C=O) groups is 1. The number of amides is 1. The summed E-state index contributed by atoms with van der Waals surface area (Å²) in [5.41, 5.74) is 0.567. The van der Waals surface area contributed by atoms with Crippen molar-refractivity contribution in [1.82, 2.24) is 19.7 Å². The molecule has 0 unspecified atom stereocenters. The molecule has 2 fully saturated rings. The van der Waals surface area contributed by atoms with Crippen LogP contribution in [0.4, 0.5) is 0 Å². The summed E-state index contributed by atoms with van der Waals surface area (Å²) in [6.45, 7) is 6.38. The van der Waals surface area contributed by atoms with Gasteiger partial charge in [-0.25, -0.2) is 0 Å². The molecule has 3 heterocycles. The molecule has 2 atom stereocenters. The summed E-state index contributed by atoms with van der Waals surface area (Å²) in [6, 6.07) is 6.84. The van der Waals surface area contributed by atoms with E-state index in [4.69, 9.17) is 0 Å². The van der Waals surface area contributed by atoms with Crippen LogP contribution in [0, 0.1) is 5.92 Å². The number of rotatable bonds is 5. The van der Waals surface area contributed by atoms with Gasteiger partial charge in [-0.15, -0.1) is 24.8 Å². The van der Waals surface area contributed by atoms with Crippen LogP contribution in [0.2, 0.25) is 0 Å². The van der Waals surface area contributed by atoms with Gasteiger partial charge in [0.05, 0.1) is 0 Å². The summed E-state index contributed by atoms with van der Waals surface area (Å²) in [5.74, 6) is 0.865. The summed E-state index contributed by atoms with van der Waals surface area (Å²) in [4.78, 5) is 23.8. The van der Waals surface area contributed by atoms with Crippen LogP contribution in [-0.4, -0.2) is 77.9 Å². The molecule has 0 N–H and O–H groups in total. The quantitative estimate of drug-likeness (QED) is 0.738. The fourth-order valence-corrected chi connectivity index (χ4v) is 4.51. The highest BCUT2D eigenvalue weighted by molar-refractivity contribution is 5.92. The lowest BCUT2D eigenvalue weighted by Crippen LogP contribution is -2.46. The maximum atomic E-state index is 12.5. The average Bonchev–Trinajstić information content (AvgIpc) is 3.07. The highest BCUT2D eigenvalue weighted by atomic mass is 35.5. The maximum Gasteiger partial charge on any atom is 0.272 e. The van der Waals surface area contributed by atoms with Crippen molar-refractivity contribution in [2.75, 3.05) is 40.3 Å². The summed E-state index contributed by atoms with van der Waals surface area (Å²) >= 11 is 0. The van der Waals surface area contributed by atoms with Crippen molar-refractivity contribution in [3.63, 3.8) is 0 Å². The van der Waals surface area contributed by atoms with Crippen molar-refractivity contribution in [2.24, 2.45) is 5.92 Å². The van der Waals surface area contributed by atoms with Gasteiger partial charge in [-0.2, -0.15) is 0 Å². The van der Waals surface area contributed by atoms with E-state index in [-0.39, 0.29) is 30.7 Å². The zero-order valence-electron chi connectivity index (χ0n) is 16.7. The molecule has 7 heteroatoms. The fraction of sp³-hybridized carbons (Fsp3) is 0.700. The van der Waals surface area contributed by atoms with Crippen LogP contribution in [0.1, 0.15) is 43.1 Å². The molecule has 0 aliphatic carbocycles. The first-order valence-electron chi connectivity index (χ1n) is 9.71. The van der Waals surface area contributed by atoms with Crippen molar-refractivity contribution in [3.8, 4) is 0 Å². The van der Waals surface area contributed by atoms with Gasteiger partial charge in [-0.1, -0.05) is 19.4 Å². The Kier molecular flexibility index (Phi) is 10.0. The Hall–Kier alpha value is -0.880. The van der Waals surface area contributed by atoms with E-state index >= 15 is 0 Å². The zero-order chi connectivity index (χ0) is 17.8. The Morgan fingerprint density at radius 2 is 1.89 bits per heavy atom. The van der Waals surface area contributed by atoms with Crippen LogP contribution in [0.5, 0.6) is 0 Å². The van der Waals surface area contributed by atoms with Gasteiger partial charge in [0.15, 0.2) is 0 Å². The zero-order valence-corrected chi connectivity index (χ0v) is 18.3. The monoisotopic (exact) mass is 416 g/mol.